The van der Waals surface area contributed by atoms with E-state index in [0.29, 0.717) is 12.8 Å². The second-order valence-corrected chi connectivity index (χ2v) is 8.42. The van der Waals surface area contributed by atoms with Gasteiger partial charge in [0.15, 0.2) is 0 Å². The van der Waals surface area contributed by atoms with Gasteiger partial charge in [-0.3, -0.25) is 4.79 Å². The van der Waals surface area contributed by atoms with Gasteiger partial charge in [0.1, 0.15) is 11.5 Å². The van der Waals surface area contributed by atoms with E-state index in [4.69, 9.17) is 9.47 Å². The summed E-state index contributed by atoms with van der Waals surface area (Å²) in [5.74, 6) is 0.634. The summed E-state index contributed by atoms with van der Waals surface area (Å²) < 4.78 is 12.0. The van der Waals surface area contributed by atoms with Gasteiger partial charge in [0, 0.05) is 34.1 Å². The van der Waals surface area contributed by atoms with Crippen molar-refractivity contribution in [1.29, 1.82) is 0 Å². The molecular formula is C26H22O4. The summed E-state index contributed by atoms with van der Waals surface area (Å²) in [5.41, 5.74) is 9.54. The van der Waals surface area contributed by atoms with E-state index in [1.165, 1.54) is 22.3 Å². The number of fused-ring (bicyclic) bond motifs is 1. The highest BCUT2D eigenvalue weighted by Gasteiger charge is 2.47. The van der Waals surface area contributed by atoms with Gasteiger partial charge >= 0.3 is 5.97 Å². The molecule has 0 spiro atoms. The maximum atomic E-state index is 11.8. The Kier molecular flexibility index (Phi) is 3.58. The van der Waals surface area contributed by atoms with Gasteiger partial charge in [-0.1, -0.05) is 48.5 Å². The van der Waals surface area contributed by atoms with E-state index in [0.717, 1.165) is 33.8 Å². The molecule has 4 aliphatic rings. The second-order valence-electron chi connectivity index (χ2n) is 8.42. The number of hydrogen-bond acceptors (Lipinski definition) is 3. The van der Waals surface area contributed by atoms with Crippen LogP contribution in [0.15, 0.2) is 48.5 Å². The maximum Gasteiger partial charge on any atom is 0.307 e. The number of aliphatic carboxylic acids is 1. The Bertz CT molecular complexity index is 1090. The monoisotopic (exact) mass is 398 g/mol. The summed E-state index contributed by atoms with van der Waals surface area (Å²) in [5, 5.41) is 9.70. The van der Waals surface area contributed by atoms with Crippen molar-refractivity contribution in [2.24, 2.45) is 5.92 Å². The smallest absolute Gasteiger partial charge is 0.307 e. The van der Waals surface area contributed by atoms with Gasteiger partial charge in [0.05, 0.1) is 20.1 Å². The van der Waals surface area contributed by atoms with Crippen LogP contribution in [0.1, 0.15) is 56.3 Å². The van der Waals surface area contributed by atoms with Gasteiger partial charge in [-0.15, -0.1) is 0 Å². The first-order chi connectivity index (χ1) is 14.7. The van der Waals surface area contributed by atoms with E-state index in [9.17, 15) is 9.90 Å². The maximum absolute atomic E-state index is 11.8. The van der Waals surface area contributed by atoms with Crippen LogP contribution in [0.5, 0.6) is 11.5 Å². The Morgan fingerprint density at radius 2 is 1.13 bits per heavy atom. The van der Waals surface area contributed by atoms with E-state index in [-0.39, 0.29) is 11.8 Å². The van der Waals surface area contributed by atoms with Crippen LogP contribution in [0, 0.1) is 5.92 Å². The minimum atomic E-state index is -0.761. The van der Waals surface area contributed by atoms with Gasteiger partial charge in [0.2, 0.25) is 0 Å². The van der Waals surface area contributed by atoms with Crippen LogP contribution in [-0.2, 0) is 17.6 Å². The Morgan fingerprint density at radius 1 is 0.767 bits per heavy atom. The summed E-state index contributed by atoms with van der Waals surface area (Å²) in [6, 6.07) is 17.2. The van der Waals surface area contributed by atoms with E-state index in [1.54, 1.807) is 14.2 Å². The fourth-order valence-electron chi connectivity index (χ4n) is 6.09. The third kappa shape index (κ3) is 2.03. The summed E-state index contributed by atoms with van der Waals surface area (Å²) in [6.45, 7) is 0. The molecule has 0 heterocycles. The first kappa shape index (κ1) is 17.6. The minimum Gasteiger partial charge on any atom is -0.496 e. The van der Waals surface area contributed by atoms with Crippen molar-refractivity contribution >= 4 is 5.97 Å². The Labute approximate surface area is 175 Å². The largest absolute Gasteiger partial charge is 0.496 e. The molecule has 0 atom stereocenters. The highest BCUT2D eigenvalue weighted by Crippen LogP contribution is 2.62. The first-order valence-corrected chi connectivity index (χ1v) is 10.4. The average Bonchev–Trinajstić information content (AvgIpc) is 3.22. The molecule has 4 heteroatoms. The molecule has 0 fully saturated rings. The predicted octanol–water partition coefficient (Wildman–Crippen LogP) is 4.49. The van der Waals surface area contributed by atoms with Gasteiger partial charge in [-0.05, 0) is 35.1 Å². The zero-order chi connectivity index (χ0) is 20.6. The molecule has 0 unspecified atom stereocenters. The zero-order valence-electron chi connectivity index (χ0n) is 16.9. The Morgan fingerprint density at radius 3 is 1.43 bits per heavy atom. The third-order valence-electron chi connectivity index (χ3n) is 7.16. The molecule has 3 aromatic carbocycles. The number of carbonyl (C=O) groups is 1. The van der Waals surface area contributed by atoms with Crippen molar-refractivity contribution in [3.63, 3.8) is 0 Å². The lowest BCUT2D eigenvalue weighted by atomic mass is 9.60. The highest BCUT2D eigenvalue weighted by atomic mass is 16.5. The van der Waals surface area contributed by atoms with Crippen LogP contribution >= 0.6 is 0 Å². The molecule has 0 amide bonds. The van der Waals surface area contributed by atoms with Crippen molar-refractivity contribution in [2.45, 2.75) is 24.7 Å². The molecule has 0 saturated carbocycles. The normalized spacial score (nSPS) is 22.0. The minimum absolute atomic E-state index is 0.0652. The second kappa shape index (κ2) is 6.11. The molecule has 0 saturated heterocycles. The lowest BCUT2D eigenvalue weighted by Crippen LogP contribution is -2.29. The number of hydrogen-bond donors (Lipinski definition) is 1. The van der Waals surface area contributed by atoms with E-state index in [2.05, 4.69) is 48.5 Å². The van der Waals surface area contributed by atoms with E-state index >= 15 is 0 Å². The number of benzene rings is 3. The van der Waals surface area contributed by atoms with Crippen molar-refractivity contribution in [3.8, 4) is 11.5 Å². The summed E-state index contributed by atoms with van der Waals surface area (Å²) in [6.07, 6.45) is 0.969. The van der Waals surface area contributed by atoms with Crippen LogP contribution in [0.4, 0.5) is 0 Å². The van der Waals surface area contributed by atoms with Crippen LogP contribution in [-0.4, -0.2) is 25.3 Å². The molecular weight excluding hydrogens is 376 g/mol. The van der Waals surface area contributed by atoms with Crippen LogP contribution in [0.25, 0.3) is 0 Å². The van der Waals surface area contributed by atoms with Gasteiger partial charge in [-0.2, -0.15) is 0 Å². The lowest BCUT2D eigenvalue weighted by molar-refractivity contribution is -0.141. The molecule has 1 N–H and O–H groups in total. The average molecular weight is 398 g/mol. The molecule has 30 heavy (non-hydrogen) atoms. The number of methoxy groups -OCH3 is 2. The SMILES string of the molecule is COc1c2c(c(OC)c3c1C1c4ccccc4C3c3ccccc31)CC(C(=O)O)C2. The van der Waals surface area contributed by atoms with Crippen molar-refractivity contribution in [3.05, 3.63) is 93.0 Å². The molecule has 4 nitrogen and oxygen atoms in total. The van der Waals surface area contributed by atoms with Gasteiger partial charge in [0.25, 0.3) is 0 Å². The van der Waals surface area contributed by atoms with Gasteiger partial charge < -0.3 is 14.6 Å². The zero-order valence-corrected chi connectivity index (χ0v) is 16.9. The fraction of sp³-hybridized carbons (Fsp3) is 0.269. The van der Waals surface area contributed by atoms with Crippen molar-refractivity contribution in [1.82, 2.24) is 0 Å². The highest BCUT2D eigenvalue weighted by molar-refractivity contribution is 5.79. The molecule has 0 aromatic heterocycles. The van der Waals surface area contributed by atoms with Crippen LogP contribution < -0.4 is 9.47 Å². The quantitative estimate of drug-likeness (QED) is 0.487. The number of carboxylic acids is 1. The molecule has 3 aromatic rings. The first-order valence-electron chi connectivity index (χ1n) is 10.4. The summed E-state index contributed by atoms with van der Waals surface area (Å²) in [4.78, 5) is 11.8. The van der Waals surface area contributed by atoms with Crippen LogP contribution in [0.2, 0.25) is 0 Å². The molecule has 0 aliphatic heterocycles. The van der Waals surface area contributed by atoms with E-state index < -0.39 is 11.9 Å². The predicted molar refractivity (Wildman–Crippen MR) is 113 cm³/mol. The van der Waals surface area contributed by atoms with Gasteiger partial charge in [-0.25, -0.2) is 0 Å². The molecule has 7 rings (SSSR count). The molecule has 2 bridgehead atoms. The standard InChI is InChI=1S/C26H22O4/c1-29-24-18-11-13(26(27)28)12-19(18)25(30-2)23-21-16-9-5-3-7-14(16)20(22(23)24)15-8-4-6-10-17(15)21/h3-10,13,20-21H,11-12H2,1-2H3,(H,27,28). The summed E-state index contributed by atoms with van der Waals surface area (Å²) >= 11 is 0. The van der Waals surface area contributed by atoms with E-state index in [1.807, 2.05) is 0 Å². The number of ether oxygens (including phenoxy) is 2. The van der Waals surface area contributed by atoms with Crippen molar-refractivity contribution in [2.75, 3.05) is 14.2 Å². The summed E-state index contributed by atoms with van der Waals surface area (Å²) in [7, 11) is 3.41. The fourth-order valence-corrected chi connectivity index (χ4v) is 6.09. The number of carboxylic acid groups (broad SMARTS) is 1. The molecule has 150 valence electrons. The molecule has 0 radical (unpaired) electrons. The van der Waals surface area contributed by atoms with Crippen molar-refractivity contribution < 1.29 is 19.4 Å². The topological polar surface area (TPSA) is 55.8 Å². The Balaban J connectivity index is 1.72. The third-order valence-corrected chi connectivity index (χ3v) is 7.16. The lowest BCUT2D eigenvalue weighted by Gasteiger charge is -2.44. The molecule has 4 aliphatic carbocycles. The van der Waals surface area contributed by atoms with Crippen LogP contribution in [0.3, 0.4) is 0 Å². The Hall–Kier alpha value is -3.27. The number of rotatable bonds is 3.